The van der Waals surface area contributed by atoms with E-state index in [0.717, 1.165) is 30.0 Å². The van der Waals surface area contributed by atoms with Gasteiger partial charge >= 0.3 is 0 Å². The maximum atomic E-state index is 11.8. The van der Waals surface area contributed by atoms with Crippen LogP contribution >= 0.6 is 23.7 Å². The fourth-order valence-electron chi connectivity index (χ4n) is 2.07. The third kappa shape index (κ3) is 3.40. The number of hydrogen-bond donors (Lipinski definition) is 2. The van der Waals surface area contributed by atoms with Gasteiger partial charge in [0.25, 0.3) is 0 Å². The lowest BCUT2D eigenvalue weighted by atomic mass is 10.1. The van der Waals surface area contributed by atoms with E-state index in [4.69, 9.17) is 10.5 Å². The van der Waals surface area contributed by atoms with Crippen molar-refractivity contribution in [2.75, 3.05) is 11.9 Å². The van der Waals surface area contributed by atoms with Gasteiger partial charge in [0, 0.05) is 17.4 Å². The standard InChI is InChI=1S/C15H17N3O2S.ClH/c1-15(2,16)13(19)18-14-17-11(8-21-14)9-3-4-12-10(7-9)5-6-20-12;/h3-4,7-8H,5-6,16H2,1-2H3,(H,17,18,19);1H. The van der Waals surface area contributed by atoms with Crippen LogP contribution in [0.25, 0.3) is 11.3 Å². The monoisotopic (exact) mass is 339 g/mol. The minimum atomic E-state index is -0.920. The summed E-state index contributed by atoms with van der Waals surface area (Å²) in [5, 5.41) is 5.23. The molecule has 0 saturated heterocycles. The smallest absolute Gasteiger partial charge is 0.245 e. The molecule has 118 valence electrons. The molecule has 0 aliphatic carbocycles. The molecule has 1 aromatic carbocycles. The zero-order valence-corrected chi connectivity index (χ0v) is 14.0. The molecule has 1 aliphatic rings. The highest BCUT2D eigenvalue weighted by Crippen LogP contribution is 2.32. The zero-order valence-electron chi connectivity index (χ0n) is 12.4. The summed E-state index contributed by atoms with van der Waals surface area (Å²) in [6.45, 7) is 4.07. The van der Waals surface area contributed by atoms with Crippen LogP contribution in [-0.4, -0.2) is 23.0 Å². The van der Waals surface area contributed by atoms with Crippen molar-refractivity contribution in [3.63, 3.8) is 0 Å². The average molecular weight is 340 g/mol. The van der Waals surface area contributed by atoms with E-state index in [-0.39, 0.29) is 18.3 Å². The molecule has 0 bridgehead atoms. The number of hydrogen-bond acceptors (Lipinski definition) is 5. The number of benzene rings is 1. The van der Waals surface area contributed by atoms with Gasteiger partial charge in [-0.25, -0.2) is 4.98 Å². The molecular formula is C15H18ClN3O2S. The van der Waals surface area contributed by atoms with E-state index in [9.17, 15) is 4.79 Å². The minimum absolute atomic E-state index is 0. The highest BCUT2D eigenvalue weighted by atomic mass is 35.5. The number of rotatable bonds is 3. The van der Waals surface area contributed by atoms with Crippen molar-refractivity contribution in [2.24, 2.45) is 5.73 Å². The number of nitrogens with zero attached hydrogens (tertiary/aromatic N) is 1. The molecule has 22 heavy (non-hydrogen) atoms. The zero-order chi connectivity index (χ0) is 15.0. The topological polar surface area (TPSA) is 77.2 Å². The first-order valence-electron chi connectivity index (χ1n) is 6.75. The fraction of sp³-hybridized carbons (Fsp3) is 0.333. The van der Waals surface area contributed by atoms with E-state index in [1.54, 1.807) is 13.8 Å². The van der Waals surface area contributed by atoms with E-state index in [1.165, 1.54) is 16.9 Å². The van der Waals surface area contributed by atoms with Gasteiger partial charge in [0.05, 0.1) is 17.8 Å². The fourth-order valence-corrected chi connectivity index (χ4v) is 2.78. The minimum Gasteiger partial charge on any atom is -0.493 e. The number of thiazole rings is 1. The average Bonchev–Trinajstić information content (AvgIpc) is 3.04. The summed E-state index contributed by atoms with van der Waals surface area (Å²) in [5.41, 5.74) is 7.92. The van der Waals surface area contributed by atoms with Gasteiger partial charge in [-0.3, -0.25) is 4.79 Å². The second kappa shape index (κ2) is 6.24. The Morgan fingerprint density at radius 1 is 1.45 bits per heavy atom. The number of carbonyl (C=O) groups is 1. The van der Waals surface area contributed by atoms with Crippen molar-refractivity contribution < 1.29 is 9.53 Å². The Morgan fingerprint density at radius 2 is 2.23 bits per heavy atom. The molecule has 1 aliphatic heterocycles. The summed E-state index contributed by atoms with van der Waals surface area (Å²) in [7, 11) is 0. The van der Waals surface area contributed by atoms with Gasteiger partial charge in [0.15, 0.2) is 5.13 Å². The molecule has 0 unspecified atom stereocenters. The number of carbonyl (C=O) groups excluding carboxylic acids is 1. The second-order valence-electron chi connectivity index (χ2n) is 5.63. The number of amides is 1. The first-order valence-corrected chi connectivity index (χ1v) is 7.63. The number of ether oxygens (including phenoxy) is 1. The van der Waals surface area contributed by atoms with Crippen LogP contribution < -0.4 is 15.8 Å². The highest BCUT2D eigenvalue weighted by molar-refractivity contribution is 7.14. The van der Waals surface area contributed by atoms with Crippen LogP contribution in [0.1, 0.15) is 19.4 Å². The Labute approximate surface area is 139 Å². The van der Waals surface area contributed by atoms with Gasteiger partial charge in [-0.2, -0.15) is 0 Å². The van der Waals surface area contributed by atoms with Crippen LogP contribution in [-0.2, 0) is 11.2 Å². The molecule has 5 nitrogen and oxygen atoms in total. The first kappa shape index (κ1) is 16.7. The van der Waals surface area contributed by atoms with Gasteiger partial charge in [-0.1, -0.05) is 0 Å². The van der Waals surface area contributed by atoms with E-state index in [0.29, 0.717) is 5.13 Å². The molecule has 1 aromatic heterocycles. The summed E-state index contributed by atoms with van der Waals surface area (Å²) < 4.78 is 5.50. The first-order chi connectivity index (χ1) is 9.93. The number of fused-ring (bicyclic) bond motifs is 1. The van der Waals surface area contributed by atoms with Crippen molar-refractivity contribution in [2.45, 2.75) is 25.8 Å². The summed E-state index contributed by atoms with van der Waals surface area (Å²) >= 11 is 1.39. The maximum Gasteiger partial charge on any atom is 0.245 e. The van der Waals surface area contributed by atoms with E-state index >= 15 is 0 Å². The van der Waals surface area contributed by atoms with Crippen LogP contribution in [0, 0.1) is 0 Å². The van der Waals surface area contributed by atoms with Gasteiger partial charge in [0.1, 0.15) is 5.75 Å². The molecule has 3 rings (SSSR count). The van der Waals surface area contributed by atoms with Crippen LogP contribution in [0.2, 0.25) is 0 Å². The summed E-state index contributed by atoms with van der Waals surface area (Å²) in [5.74, 6) is 0.707. The molecule has 0 spiro atoms. The Hall–Kier alpha value is -1.63. The molecule has 0 fully saturated rings. The molecule has 0 saturated carbocycles. The lowest BCUT2D eigenvalue weighted by molar-refractivity contribution is -0.120. The number of nitrogens with two attached hydrogens (primary N) is 1. The lowest BCUT2D eigenvalue weighted by Gasteiger charge is -2.16. The van der Waals surface area contributed by atoms with E-state index in [2.05, 4.69) is 16.4 Å². The normalized spacial score (nSPS) is 13.0. The number of halogens is 1. The van der Waals surface area contributed by atoms with Crippen LogP contribution in [0.5, 0.6) is 5.75 Å². The summed E-state index contributed by atoms with van der Waals surface area (Å²) in [6, 6.07) is 6.05. The van der Waals surface area contributed by atoms with E-state index < -0.39 is 5.54 Å². The van der Waals surface area contributed by atoms with Crippen LogP contribution in [0.4, 0.5) is 5.13 Å². The number of aromatic nitrogens is 1. The van der Waals surface area contributed by atoms with Gasteiger partial charge in [-0.05, 0) is 37.6 Å². The largest absolute Gasteiger partial charge is 0.493 e. The molecule has 0 radical (unpaired) electrons. The Morgan fingerprint density at radius 3 is 2.95 bits per heavy atom. The third-order valence-corrected chi connectivity index (χ3v) is 4.05. The summed E-state index contributed by atoms with van der Waals surface area (Å²) in [6.07, 6.45) is 0.929. The van der Waals surface area contributed by atoms with Crippen molar-refractivity contribution in [1.29, 1.82) is 0 Å². The van der Waals surface area contributed by atoms with Crippen LogP contribution in [0.15, 0.2) is 23.6 Å². The number of anilines is 1. The third-order valence-electron chi connectivity index (χ3n) is 3.30. The highest BCUT2D eigenvalue weighted by Gasteiger charge is 2.23. The van der Waals surface area contributed by atoms with Crippen molar-refractivity contribution >= 4 is 34.8 Å². The number of nitrogens with one attached hydrogen (secondary N) is 1. The quantitative estimate of drug-likeness (QED) is 0.901. The van der Waals surface area contributed by atoms with Crippen molar-refractivity contribution in [3.8, 4) is 17.0 Å². The molecule has 7 heteroatoms. The lowest BCUT2D eigenvalue weighted by Crippen LogP contribution is -2.45. The Balaban J connectivity index is 0.00000176. The van der Waals surface area contributed by atoms with Gasteiger partial charge in [0.2, 0.25) is 5.91 Å². The Kier molecular flexibility index (Phi) is 4.75. The van der Waals surface area contributed by atoms with Gasteiger partial charge in [-0.15, -0.1) is 23.7 Å². The molecule has 2 heterocycles. The summed E-state index contributed by atoms with van der Waals surface area (Å²) in [4.78, 5) is 16.3. The molecule has 3 N–H and O–H groups in total. The molecule has 0 atom stereocenters. The van der Waals surface area contributed by atoms with Crippen LogP contribution in [0.3, 0.4) is 0 Å². The van der Waals surface area contributed by atoms with E-state index in [1.807, 2.05) is 17.5 Å². The maximum absolute atomic E-state index is 11.8. The Bertz CT molecular complexity index is 694. The second-order valence-corrected chi connectivity index (χ2v) is 6.49. The predicted octanol–water partition coefficient (Wildman–Crippen LogP) is 2.84. The van der Waals surface area contributed by atoms with Gasteiger partial charge < -0.3 is 15.8 Å². The molecular weight excluding hydrogens is 322 g/mol. The SMILES string of the molecule is CC(C)(N)C(=O)Nc1nc(-c2ccc3c(c2)CCO3)cs1.Cl. The predicted molar refractivity (Wildman–Crippen MR) is 90.9 cm³/mol. The van der Waals surface area contributed by atoms with Crippen molar-refractivity contribution in [3.05, 3.63) is 29.1 Å². The van der Waals surface area contributed by atoms with Crippen molar-refractivity contribution in [1.82, 2.24) is 4.98 Å². The molecule has 1 amide bonds. The molecule has 2 aromatic rings.